The lowest BCUT2D eigenvalue weighted by molar-refractivity contribution is -0.135. The monoisotopic (exact) mass is 381 g/mol. The van der Waals surface area contributed by atoms with Gasteiger partial charge in [-0.2, -0.15) is 0 Å². The van der Waals surface area contributed by atoms with Gasteiger partial charge in [0.2, 0.25) is 5.91 Å². The summed E-state index contributed by atoms with van der Waals surface area (Å²) in [5, 5.41) is 3.08. The van der Waals surface area contributed by atoms with E-state index in [2.05, 4.69) is 22.5 Å². The molecule has 4 heterocycles. The van der Waals surface area contributed by atoms with Crippen LogP contribution in [0.25, 0.3) is 0 Å². The first kappa shape index (κ1) is 17.9. The van der Waals surface area contributed by atoms with Crippen molar-refractivity contribution in [1.29, 1.82) is 0 Å². The molecule has 2 amide bonds. The summed E-state index contributed by atoms with van der Waals surface area (Å²) in [5.41, 5.74) is 1.17. The maximum atomic E-state index is 12.9. The van der Waals surface area contributed by atoms with Gasteiger partial charge in [-0.05, 0) is 44.2 Å². The van der Waals surface area contributed by atoms with Crippen LogP contribution in [0, 0.1) is 24.7 Å². The summed E-state index contributed by atoms with van der Waals surface area (Å²) in [6.45, 7) is 3.96. The Kier molecular flexibility index (Phi) is 4.27. The molecule has 3 saturated heterocycles. The summed E-state index contributed by atoms with van der Waals surface area (Å²) in [7, 11) is 0. The van der Waals surface area contributed by atoms with Gasteiger partial charge in [0.1, 0.15) is 5.69 Å². The molecule has 3 fully saturated rings. The van der Waals surface area contributed by atoms with Crippen molar-refractivity contribution in [3.8, 4) is 0 Å². The molecule has 1 aliphatic carbocycles. The Morgan fingerprint density at radius 3 is 2.96 bits per heavy atom. The summed E-state index contributed by atoms with van der Waals surface area (Å²) < 4.78 is 6.42. The number of amides is 2. The molecule has 1 aromatic heterocycles. The van der Waals surface area contributed by atoms with Crippen molar-refractivity contribution >= 4 is 11.8 Å². The van der Waals surface area contributed by atoms with E-state index in [1.807, 2.05) is 24.0 Å². The topological polar surface area (TPSA) is 71.5 Å². The van der Waals surface area contributed by atoms with Crippen LogP contribution in [0.3, 0.4) is 0 Å². The zero-order valence-electron chi connectivity index (χ0n) is 16.3. The number of hydrogen-bond donors (Lipinski definition) is 1. The second-order valence-corrected chi connectivity index (χ2v) is 8.77. The van der Waals surface area contributed by atoms with Gasteiger partial charge in [-0.3, -0.25) is 14.6 Å². The summed E-state index contributed by atoms with van der Waals surface area (Å²) in [4.78, 5) is 31.7. The molecule has 3 aliphatic heterocycles. The highest BCUT2D eigenvalue weighted by atomic mass is 16.5. The fraction of sp³-hybridized carbons (Fsp3) is 0.591. The number of hydrogen-bond acceptors (Lipinski definition) is 4. The van der Waals surface area contributed by atoms with Crippen molar-refractivity contribution in [2.24, 2.45) is 17.8 Å². The molecular weight excluding hydrogens is 354 g/mol. The molecule has 0 aromatic carbocycles. The minimum Gasteiger partial charge on any atom is -0.369 e. The average molecular weight is 381 g/mol. The fourth-order valence-corrected chi connectivity index (χ4v) is 5.73. The van der Waals surface area contributed by atoms with Crippen LogP contribution in [0.4, 0.5) is 0 Å². The van der Waals surface area contributed by atoms with Gasteiger partial charge >= 0.3 is 0 Å². The quantitative estimate of drug-likeness (QED) is 0.811. The molecule has 0 radical (unpaired) electrons. The first-order valence-corrected chi connectivity index (χ1v) is 10.4. The zero-order chi connectivity index (χ0) is 19.3. The van der Waals surface area contributed by atoms with Gasteiger partial charge in [0.05, 0.1) is 18.2 Å². The molecule has 1 spiro atoms. The number of nitrogens with zero attached hydrogens (tertiary/aromatic N) is 2. The standard InChI is InChI=1S/C22H27N3O3/c1-14-5-4-10-23-19(14)20(26)24-11-16-17-12-25(21(27)15-6-2-3-7-15)13-22(17)9-8-18(16)28-22/h2-5,10,15-18H,6-9,11-13H2,1H3,(H,24,26)/t16-,17+,18+,22+/m0/s1. The minimum absolute atomic E-state index is 0.109. The summed E-state index contributed by atoms with van der Waals surface area (Å²) in [6.07, 6.45) is 9.83. The van der Waals surface area contributed by atoms with E-state index in [1.165, 1.54) is 0 Å². The summed E-state index contributed by atoms with van der Waals surface area (Å²) in [6, 6.07) is 3.74. The predicted molar refractivity (Wildman–Crippen MR) is 104 cm³/mol. The number of allylic oxidation sites excluding steroid dienone is 2. The molecule has 148 valence electrons. The number of ether oxygens (including phenoxy) is 1. The minimum atomic E-state index is -0.192. The molecule has 2 bridgehead atoms. The van der Waals surface area contributed by atoms with E-state index in [1.54, 1.807) is 6.20 Å². The van der Waals surface area contributed by atoms with Crippen molar-refractivity contribution in [2.75, 3.05) is 19.6 Å². The lowest BCUT2D eigenvalue weighted by Crippen LogP contribution is -2.42. The third-order valence-corrected chi connectivity index (χ3v) is 7.18. The van der Waals surface area contributed by atoms with Crippen LogP contribution < -0.4 is 5.32 Å². The highest BCUT2D eigenvalue weighted by Crippen LogP contribution is 2.54. The molecule has 0 unspecified atom stereocenters. The smallest absolute Gasteiger partial charge is 0.270 e. The van der Waals surface area contributed by atoms with Crippen LogP contribution in [-0.4, -0.2) is 53.0 Å². The Labute approximate surface area is 165 Å². The number of nitrogens with one attached hydrogen (secondary N) is 1. The van der Waals surface area contributed by atoms with Crippen molar-refractivity contribution in [1.82, 2.24) is 15.2 Å². The van der Waals surface area contributed by atoms with Crippen molar-refractivity contribution in [3.05, 3.63) is 41.7 Å². The first-order chi connectivity index (χ1) is 13.6. The van der Waals surface area contributed by atoms with Crippen LogP contribution in [0.15, 0.2) is 30.5 Å². The number of rotatable bonds is 4. The zero-order valence-corrected chi connectivity index (χ0v) is 16.3. The van der Waals surface area contributed by atoms with Gasteiger partial charge in [-0.15, -0.1) is 0 Å². The molecule has 1 aromatic rings. The van der Waals surface area contributed by atoms with Crippen molar-refractivity contribution < 1.29 is 14.3 Å². The van der Waals surface area contributed by atoms with E-state index in [0.717, 1.165) is 37.8 Å². The van der Waals surface area contributed by atoms with Gasteiger partial charge in [-0.25, -0.2) is 0 Å². The van der Waals surface area contributed by atoms with Crippen LogP contribution in [-0.2, 0) is 9.53 Å². The van der Waals surface area contributed by atoms with Crippen molar-refractivity contribution in [2.45, 2.75) is 44.3 Å². The lowest BCUT2D eigenvalue weighted by Gasteiger charge is -2.29. The Bertz CT molecular complexity index is 830. The third kappa shape index (κ3) is 2.77. The van der Waals surface area contributed by atoms with Crippen LogP contribution in [0.1, 0.15) is 41.7 Å². The van der Waals surface area contributed by atoms with E-state index in [-0.39, 0.29) is 35.4 Å². The lowest BCUT2D eigenvalue weighted by atomic mass is 9.73. The van der Waals surface area contributed by atoms with Gasteiger partial charge in [0, 0.05) is 37.0 Å². The summed E-state index contributed by atoms with van der Waals surface area (Å²) in [5.74, 6) is 0.833. The van der Waals surface area contributed by atoms with Gasteiger partial charge in [-0.1, -0.05) is 18.2 Å². The number of fused-ring (bicyclic) bond motifs is 1. The number of aromatic nitrogens is 1. The largest absolute Gasteiger partial charge is 0.369 e. The average Bonchev–Trinajstić information content (AvgIpc) is 3.46. The predicted octanol–water partition coefficient (Wildman–Crippen LogP) is 2.09. The number of carbonyl (C=O) groups is 2. The maximum Gasteiger partial charge on any atom is 0.270 e. The number of aryl methyl sites for hydroxylation is 1. The van der Waals surface area contributed by atoms with Gasteiger partial charge < -0.3 is 15.0 Å². The molecule has 6 nitrogen and oxygen atoms in total. The molecule has 6 heteroatoms. The fourth-order valence-electron chi connectivity index (χ4n) is 5.73. The number of likely N-dealkylation sites (tertiary alicyclic amines) is 1. The van der Waals surface area contributed by atoms with Gasteiger partial charge in [0.25, 0.3) is 5.91 Å². The molecule has 4 aliphatic rings. The van der Waals surface area contributed by atoms with E-state index < -0.39 is 0 Å². The SMILES string of the molecule is Cc1cccnc1C(=O)NC[C@H]1[C@H]2CN(C(=O)C3CC=CC3)C[C@]23CC[C@H]1O3. The van der Waals surface area contributed by atoms with Gasteiger partial charge in [0.15, 0.2) is 0 Å². The molecule has 5 rings (SSSR count). The second kappa shape index (κ2) is 6.69. The van der Waals surface area contributed by atoms with Crippen LogP contribution in [0.5, 0.6) is 0 Å². The van der Waals surface area contributed by atoms with E-state index in [0.29, 0.717) is 24.7 Å². The third-order valence-electron chi connectivity index (χ3n) is 7.18. The number of carbonyl (C=O) groups excluding carboxylic acids is 2. The highest BCUT2D eigenvalue weighted by molar-refractivity contribution is 5.93. The highest BCUT2D eigenvalue weighted by Gasteiger charge is 2.63. The molecule has 4 atom stereocenters. The van der Waals surface area contributed by atoms with Crippen LogP contribution >= 0.6 is 0 Å². The van der Waals surface area contributed by atoms with Crippen LogP contribution in [0.2, 0.25) is 0 Å². The Morgan fingerprint density at radius 2 is 2.18 bits per heavy atom. The maximum absolute atomic E-state index is 12.9. The molecule has 1 N–H and O–H groups in total. The van der Waals surface area contributed by atoms with E-state index in [9.17, 15) is 9.59 Å². The Hall–Kier alpha value is -2.21. The summed E-state index contributed by atoms with van der Waals surface area (Å²) >= 11 is 0. The van der Waals surface area contributed by atoms with Crippen molar-refractivity contribution in [3.63, 3.8) is 0 Å². The second-order valence-electron chi connectivity index (χ2n) is 8.77. The first-order valence-electron chi connectivity index (χ1n) is 10.4. The molecular formula is C22H27N3O3. The normalized spacial score (nSPS) is 33.5. The Balaban J connectivity index is 1.26. The molecule has 0 saturated carbocycles. The molecule has 28 heavy (non-hydrogen) atoms. The Morgan fingerprint density at radius 1 is 1.36 bits per heavy atom. The van der Waals surface area contributed by atoms with E-state index >= 15 is 0 Å². The number of pyridine rings is 1. The van der Waals surface area contributed by atoms with E-state index in [4.69, 9.17) is 4.74 Å².